The molecule has 7 heteroatoms. The zero-order valence-electron chi connectivity index (χ0n) is 10.6. The maximum absolute atomic E-state index is 10.9. The van der Waals surface area contributed by atoms with E-state index >= 15 is 0 Å². The van der Waals surface area contributed by atoms with Gasteiger partial charge in [-0.05, 0) is 6.92 Å². The molecule has 0 unspecified atom stereocenters. The van der Waals surface area contributed by atoms with Crippen molar-refractivity contribution in [3.05, 3.63) is 23.3 Å². The van der Waals surface area contributed by atoms with E-state index in [2.05, 4.69) is 14.5 Å². The molecule has 0 aliphatic heterocycles. The number of aryl methyl sites for hydroxylation is 1. The van der Waals surface area contributed by atoms with Crippen LogP contribution in [0.2, 0.25) is 0 Å². The molecular weight excluding hydrogens is 252 g/mol. The van der Waals surface area contributed by atoms with E-state index < -0.39 is 5.97 Å². The first-order valence-electron chi connectivity index (χ1n) is 5.43. The number of hydrogen-bond donors (Lipinski definition) is 1. The van der Waals surface area contributed by atoms with Crippen LogP contribution < -0.4 is 0 Å². The summed E-state index contributed by atoms with van der Waals surface area (Å²) in [6.07, 6.45) is 1.46. The lowest BCUT2D eigenvalue weighted by Crippen LogP contribution is -2.13. The minimum absolute atomic E-state index is 0.132. The minimum atomic E-state index is -0.987. The Bertz CT molecular complexity index is 594. The van der Waals surface area contributed by atoms with Gasteiger partial charge in [0.15, 0.2) is 0 Å². The first-order chi connectivity index (χ1) is 8.29. The van der Waals surface area contributed by atoms with Gasteiger partial charge in [-0.2, -0.15) is 9.47 Å². The van der Waals surface area contributed by atoms with Crippen molar-refractivity contribution in [1.29, 1.82) is 0 Å². The second-order valence-electron chi connectivity index (χ2n) is 5.03. The van der Waals surface area contributed by atoms with Crippen LogP contribution in [0.3, 0.4) is 0 Å². The summed E-state index contributed by atoms with van der Waals surface area (Å²) in [6, 6.07) is 0. The van der Waals surface area contributed by atoms with Crippen molar-refractivity contribution in [2.75, 3.05) is 0 Å². The monoisotopic (exact) mass is 266 g/mol. The fraction of sp³-hybridized carbons (Fsp3) is 0.455. The molecule has 0 fully saturated rings. The van der Waals surface area contributed by atoms with Crippen LogP contribution in [0.15, 0.2) is 6.20 Å². The van der Waals surface area contributed by atoms with E-state index in [0.717, 1.165) is 5.82 Å². The third-order valence-electron chi connectivity index (χ3n) is 2.41. The molecule has 0 aliphatic carbocycles. The number of aromatic carboxylic acids is 1. The van der Waals surface area contributed by atoms with Gasteiger partial charge in [0.1, 0.15) is 11.4 Å². The number of aromatic nitrogens is 4. The number of hydrogen-bond acceptors (Lipinski definition) is 5. The lowest BCUT2D eigenvalue weighted by Gasteiger charge is -2.11. The van der Waals surface area contributed by atoms with Crippen molar-refractivity contribution in [1.82, 2.24) is 19.1 Å². The third-order valence-corrected chi connectivity index (χ3v) is 3.12. The topological polar surface area (TPSA) is 80.9 Å². The molecule has 0 saturated heterocycles. The van der Waals surface area contributed by atoms with Gasteiger partial charge in [0.2, 0.25) is 5.13 Å². The zero-order chi connectivity index (χ0) is 13.5. The standard InChI is InChI=1S/C11H14N4O2S/c1-6-7(8(16)17)5-15(13-6)10-12-9(14-18-10)11(2,3)4/h5H,1-4H3,(H,16,17). The predicted octanol–water partition coefficient (Wildman–Crippen LogP) is 2.03. The molecule has 96 valence electrons. The molecule has 0 spiro atoms. The molecule has 0 atom stereocenters. The van der Waals surface area contributed by atoms with Crippen molar-refractivity contribution in [2.24, 2.45) is 0 Å². The van der Waals surface area contributed by atoms with Crippen LogP contribution in [0.4, 0.5) is 0 Å². The first kappa shape index (κ1) is 12.7. The number of carboxylic acid groups (broad SMARTS) is 1. The van der Waals surface area contributed by atoms with E-state index in [0.29, 0.717) is 10.8 Å². The molecule has 0 saturated carbocycles. The Balaban J connectivity index is 2.41. The zero-order valence-corrected chi connectivity index (χ0v) is 11.4. The fourth-order valence-corrected chi connectivity index (χ4v) is 2.17. The van der Waals surface area contributed by atoms with Gasteiger partial charge in [-0.25, -0.2) is 14.5 Å². The van der Waals surface area contributed by atoms with Gasteiger partial charge in [0.05, 0.1) is 5.69 Å². The highest BCUT2D eigenvalue weighted by Crippen LogP contribution is 2.22. The average Bonchev–Trinajstić information content (AvgIpc) is 2.81. The van der Waals surface area contributed by atoms with Gasteiger partial charge in [-0.3, -0.25) is 0 Å². The highest BCUT2D eigenvalue weighted by Gasteiger charge is 2.21. The molecule has 0 aliphatic rings. The Morgan fingerprint density at radius 1 is 1.44 bits per heavy atom. The van der Waals surface area contributed by atoms with Gasteiger partial charge in [-0.1, -0.05) is 20.8 Å². The third kappa shape index (κ3) is 2.26. The summed E-state index contributed by atoms with van der Waals surface area (Å²) < 4.78 is 5.73. The van der Waals surface area contributed by atoms with E-state index in [1.165, 1.54) is 22.4 Å². The van der Waals surface area contributed by atoms with Gasteiger partial charge < -0.3 is 5.11 Å². The summed E-state index contributed by atoms with van der Waals surface area (Å²) in [5.74, 6) is -0.258. The van der Waals surface area contributed by atoms with Crippen LogP contribution >= 0.6 is 11.5 Å². The maximum Gasteiger partial charge on any atom is 0.339 e. The Morgan fingerprint density at radius 2 is 2.11 bits per heavy atom. The van der Waals surface area contributed by atoms with E-state index in [1.54, 1.807) is 6.92 Å². The summed E-state index contributed by atoms with van der Waals surface area (Å²) in [6.45, 7) is 7.73. The molecule has 2 heterocycles. The molecule has 2 rings (SSSR count). The maximum atomic E-state index is 10.9. The Hall–Kier alpha value is -1.76. The molecule has 2 aromatic rings. The second kappa shape index (κ2) is 4.16. The Morgan fingerprint density at radius 3 is 2.56 bits per heavy atom. The molecule has 0 radical (unpaired) electrons. The van der Waals surface area contributed by atoms with Crippen LogP contribution in [0, 0.1) is 6.92 Å². The van der Waals surface area contributed by atoms with Crippen molar-refractivity contribution in [3.63, 3.8) is 0 Å². The van der Waals surface area contributed by atoms with Gasteiger partial charge in [0.25, 0.3) is 0 Å². The first-order valence-corrected chi connectivity index (χ1v) is 6.20. The quantitative estimate of drug-likeness (QED) is 0.899. The Labute approximate surface area is 108 Å². The summed E-state index contributed by atoms with van der Waals surface area (Å²) >= 11 is 1.21. The molecule has 2 aromatic heterocycles. The molecule has 0 bridgehead atoms. The van der Waals surface area contributed by atoms with Crippen LogP contribution in [-0.4, -0.2) is 30.2 Å². The molecular formula is C11H14N4O2S. The van der Waals surface area contributed by atoms with E-state index in [1.807, 2.05) is 20.8 Å². The van der Waals surface area contributed by atoms with Crippen molar-refractivity contribution < 1.29 is 9.90 Å². The summed E-state index contributed by atoms with van der Waals surface area (Å²) in [5.41, 5.74) is 0.518. The highest BCUT2D eigenvalue weighted by molar-refractivity contribution is 7.08. The van der Waals surface area contributed by atoms with Gasteiger partial charge in [0, 0.05) is 23.1 Å². The van der Waals surface area contributed by atoms with E-state index in [-0.39, 0.29) is 11.0 Å². The van der Waals surface area contributed by atoms with Gasteiger partial charge >= 0.3 is 5.97 Å². The lowest BCUT2D eigenvalue weighted by atomic mass is 9.96. The summed E-state index contributed by atoms with van der Waals surface area (Å²) in [7, 11) is 0. The number of rotatable bonds is 2. The molecule has 0 amide bonds. The Kier molecular flexibility index (Phi) is 2.94. The number of carboxylic acids is 1. The predicted molar refractivity (Wildman–Crippen MR) is 67.4 cm³/mol. The van der Waals surface area contributed by atoms with Crippen LogP contribution in [-0.2, 0) is 5.41 Å². The molecule has 18 heavy (non-hydrogen) atoms. The summed E-state index contributed by atoms with van der Waals surface area (Å²) in [5, 5.41) is 13.7. The second-order valence-corrected chi connectivity index (χ2v) is 5.76. The van der Waals surface area contributed by atoms with Gasteiger partial charge in [-0.15, -0.1) is 0 Å². The number of carbonyl (C=O) groups is 1. The fourth-order valence-electron chi connectivity index (χ4n) is 1.38. The SMILES string of the molecule is Cc1nn(-c2nc(C(C)(C)C)ns2)cc1C(=O)O. The van der Waals surface area contributed by atoms with Crippen molar-refractivity contribution in [3.8, 4) is 5.13 Å². The summed E-state index contributed by atoms with van der Waals surface area (Å²) in [4.78, 5) is 15.3. The van der Waals surface area contributed by atoms with Crippen LogP contribution in [0.1, 0.15) is 42.6 Å². The van der Waals surface area contributed by atoms with Crippen LogP contribution in [0.5, 0.6) is 0 Å². The van der Waals surface area contributed by atoms with Crippen LogP contribution in [0.25, 0.3) is 5.13 Å². The largest absolute Gasteiger partial charge is 0.478 e. The molecule has 0 aromatic carbocycles. The van der Waals surface area contributed by atoms with Crippen molar-refractivity contribution in [2.45, 2.75) is 33.1 Å². The van der Waals surface area contributed by atoms with Crippen molar-refractivity contribution >= 4 is 17.5 Å². The molecule has 1 N–H and O–H groups in total. The van der Waals surface area contributed by atoms with E-state index in [9.17, 15) is 4.79 Å². The average molecular weight is 266 g/mol. The molecule has 6 nitrogen and oxygen atoms in total. The number of nitrogens with zero attached hydrogens (tertiary/aromatic N) is 4. The minimum Gasteiger partial charge on any atom is -0.478 e. The lowest BCUT2D eigenvalue weighted by molar-refractivity contribution is 0.0696. The highest BCUT2D eigenvalue weighted by atomic mass is 32.1. The smallest absolute Gasteiger partial charge is 0.339 e. The van der Waals surface area contributed by atoms with E-state index in [4.69, 9.17) is 5.11 Å². The normalized spacial score (nSPS) is 11.8.